The number of anilines is 2. The number of benzene rings is 2. The van der Waals surface area contributed by atoms with Gasteiger partial charge < -0.3 is 29.4 Å². The summed E-state index contributed by atoms with van der Waals surface area (Å²) in [5, 5.41) is 16.2. The van der Waals surface area contributed by atoms with Gasteiger partial charge in [-0.25, -0.2) is 9.59 Å². The highest BCUT2D eigenvalue weighted by Gasteiger charge is 2.29. The van der Waals surface area contributed by atoms with Gasteiger partial charge in [0.2, 0.25) is 5.91 Å². The second kappa shape index (κ2) is 12.7. The van der Waals surface area contributed by atoms with Gasteiger partial charge in [0.25, 0.3) is 6.01 Å². The van der Waals surface area contributed by atoms with Crippen molar-refractivity contribution in [2.45, 2.75) is 45.8 Å². The Balaban J connectivity index is 1.64. The zero-order valence-corrected chi connectivity index (χ0v) is 27.8. The molecule has 0 radical (unpaired) electrons. The van der Waals surface area contributed by atoms with Gasteiger partial charge in [-0.15, -0.1) is 0 Å². The number of fused-ring (bicyclic) bond motifs is 1. The van der Waals surface area contributed by atoms with Crippen LogP contribution in [0, 0.1) is 14.1 Å². The van der Waals surface area contributed by atoms with E-state index in [4.69, 9.17) is 9.15 Å². The molecule has 0 spiro atoms. The maximum absolute atomic E-state index is 13.7. The Morgan fingerprint density at radius 2 is 1.78 bits per heavy atom. The van der Waals surface area contributed by atoms with Gasteiger partial charge in [-0.2, -0.15) is 4.98 Å². The average molecular weight is 789 g/mol. The molecule has 0 saturated carbocycles. The van der Waals surface area contributed by atoms with Crippen molar-refractivity contribution in [3.05, 3.63) is 53.0 Å². The van der Waals surface area contributed by atoms with Crippen molar-refractivity contribution in [2.75, 3.05) is 43.9 Å². The number of nitrogens with one attached hydrogen (secondary N) is 2. The molecule has 1 fully saturated rings. The van der Waals surface area contributed by atoms with Crippen LogP contribution in [0.1, 0.15) is 31.9 Å². The Bertz CT molecular complexity index is 1510. The minimum atomic E-state index is -0.767. The standard InChI is InChI=1S/C28H33I2N5O6/c1-15-19(33-27(39)41-28(2,3)4)6-7-20-22(15)25(38)40-26(31-20)32-21(24(37)35-10-8-34(5)9-11-35)14-16-12-17(29)23(36)18(30)13-16/h6-7,12-13,21,36H,8-11,14H2,1-5H3,(H,31,32)(H,33,39)/t21-/m0/s1. The van der Waals surface area contributed by atoms with E-state index < -0.39 is 23.4 Å². The summed E-state index contributed by atoms with van der Waals surface area (Å²) in [6.45, 7) is 9.66. The fourth-order valence-electron chi connectivity index (χ4n) is 4.50. The van der Waals surface area contributed by atoms with Crippen LogP contribution in [0.3, 0.4) is 0 Å². The fourth-order valence-corrected chi connectivity index (χ4v) is 6.39. The molecule has 3 aromatic rings. The Labute approximate surface area is 265 Å². The maximum atomic E-state index is 13.7. The molecular weight excluding hydrogens is 756 g/mol. The number of hydrogen-bond donors (Lipinski definition) is 3. The van der Waals surface area contributed by atoms with E-state index >= 15 is 0 Å². The first kappa shape index (κ1) is 31.3. The second-order valence-corrected chi connectivity index (χ2v) is 13.3. The monoisotopic (exact) mass is 789 g/mol. The molecule has 0 aliphatic carbocycles. The molecule has 1 saturated heterocycles. The topological polar surface area (TPSA) is 137 Å². The van der Waals surface area contributed by atoms with E-state index in [1.807, 2.05) is 19.2 Å². The molecule has 1 aromatic heterocycles. The number of hydrogen-bond acceptors (Lipinski definition) is 9. The fraction of sp³-hybridized carbons (Fsp3) is 0.429. The third-order valence-corrected chi connectivity index (χ3v) is 8.27. The number of aromatic hydroxyl groups is 1. The summed E-state index contributed by atoms with van der Waals surface area (Å²) < 4.78 is 12.2. The number of piperazine rings is 1. The second-order valence-electron chi connectivity index (χ2n) is 11.0. The first-order valence-corrected chi connectivity index (χ1v) is 15.2. The number of nitrogens with zero attached hydrogens (tertiary/aromatic N) is 3. The third kappa shape index (κ3) is 7.80. The van der Waals surface area contributed by atoms with Gasteiger partial charge in [-0.05, 0) is 115 Å². The van der Waals surface area contributed by atoms with Gasteiger partial charge >= 0.3 is 11.7 Å². The smallest absolute Gasteiger partial charge is 0.412 e. The van der Waals surface area contributed by atoms with Gasteiger partial charge in [0.05, 0.1) is 18.0 Å². The number of rotatable bonds is 6. The van der Waals surface area contributed by atoms with Crippen LogP contribution in [0.5, 0.6) is 5.75 Å². The molecule has 220 valence electrons. The minimum Gasteiger partial charge on any atom is -0.506 e. The Kier molecular flexibility index (Phi) is 9.68. The number of likely N-dealkylation sites (N-methyl/N-ethyl adjacent to an activating group) is 1. The van der Waals surface area contributed by atoms with Gasteiger partial charge in [-0.1, -0.05) is 0 Å². The third-order valence-electron chi connectivity index (χ3n) is 6.62. The molecule has 1 aliphatic heterocycles. The summed E-state index contributed by atoms with van der Waals surface area (Å²) in [7, 11) is 2.02. The molecular formula is C28H33I2N5O6. The summed E-state index contributed by atoms with van der Waals surface area (Å²) in [6, 6.07) is 6.07. The van der Waals surface area contributed by atoms with Gasteiger partial charge in [-0.3, -0.25) is 10.1 Å². The van der Waals surface area contributed by atoms with Gasteiger partial charge in [0.15, 0.2) is 0 Å². The molecule has 13 heteroatoms. The van der Waals surface area contributed by atoms with Crippen LogP contribution in [0.4, 0.5) is 16.5 Å². The lowest BCUT2D eigenvalue weighted by Gasteiger charge is -2.34. The number of phenolic OH excluding ortho intramolecular Hbond substituents is 1. The number of carbonyl (C=O) groups excluding carboxylic acids is 2. The zero-order valence-electron chi connectivity index (χ0n) is 23.5. The molecule has 41 heavy (non-hydrogen) atoms. The number of aryl methyl sites for hydroxylation is 1. The van der Waals surface area contributed by atoms with E-state index in [1.54, 1.807) is 44.7 Å². The van der Waals surface area contributed by atoms with E-state index in [-0.39, 0.29) is 23.1 Å². The Morgan fingerprint density at radius 1 is 1.15 bits per heavy atom. The van der Waals surface area contributed by atoms with E-state index in [1.165, 1.54) is 0 Å². The number of amides is 2. The molecule has 2 heterocycles. The lowest BCUT2D eigenvalue weighted by atomic mass is 10.0. The molecule has 1 atom stereocenters. The van der Waals surface area contributed by atoms with Crippen LogP contribution in [0.25, 0.3) is 10.9 Å². The van der Waals surface area contributed by atoms with Crippen molar-refractivity contribution in [1.82, 2.24) is 14.8 Å². The highest BCUT2D eigenvalue weighted by Crippen LogP contribution is 2.29. The quantitative estimate of drug-likeness (QED) is 0.308. The van der Waals surface area contributed by atoms with Crippen molar-refractivity contribution in [3.63, 3.8) is 0 Å². The van der Waals surface area contributed by atoms with E-state index in [9.17, 15) is 19.5 Å². The van der Waals surface area contributed by atoms with Crippen molar-refractivity contribution in [2.24, 2.45) is 0 Å². The predicted molar refractivity (Wildman–Crippen MR) is 174 cm³/mol. The normalized spacial score (nSPS) is 15.0. The Hall–Kier alpha value is -2.66. The molecule has 1 aliphatic rings. The summed E-state index contributed by atoms with van der Waals surface area (Å²) >= 11 is 4.12. The first-order chi connectivity index (χ1) is 19.2. The predicted octanol–water partition coefficient (Wildman–Crippen LogP) is 4.56. The number of halogens is 2. The van der Waals surface area contributed by atoms with Gasteiger partial charge in [0, 0.05) is 38.3 Å². The van der Waals surface area contributed by atoms with E-state index in [2.05, 4.69) is 65.7 Å². The number of phenols is 1. The van der Waals surface area contributed by atoms with Crippen LogP contribution in [0.15, 0.2) is 33.5 Å². The summed E-state index contributed by atoms with van der Waals surface area (Å²) in [6.07, 6.45) is -0.349. The summed E-state index contributed by atoms with van der Waals surface area (Å²) in [5.74, 6) is 0.0665. The SMILES string of the molecule is Cc1c(NC(=O)OC(C)(C)C)ccc2nc(N[C@@H](Cc3cc(I)c(O)c(I)c3)C(=O)N3CCN(C)CC3)oc(=O)c12. The van der Waals surface area contributed by atoms with Gasteiger partial charge in [0.1, 0.15) is 17.4 Å². The molecule has 0 bridgehead atoms. The lowest BCUT2D eigenvalue weighted by molar-refractivity contribution is -0.133. The number of carbonyl (C=O) groups is 2. The van der Waals surface area contributed by atoms with Crippen LogP contribution in [-0.2, 0) is 16.0 Å². The highest BCUT2D eigenvalue weighted by atomic mass is 127. The molecule has 2 amide bonds. The zero-order chi connectivity index (χ0) is 30.1. The van der Waals surface area contributed by atoms with Crippen molar-refractivity contribution >= 4 is 79.8 Å². The van der Waals surface area contributed by atoms with E-state index in [0.717, 1.165) is 18.7 Å². The average Bonchev–Trinajstić information content (AvgIpc) is 2.87. The van der Waals surface area contributed by atoms with Crippen LogP contribution < -0.4 is 16.3 Å². The number of ether oxygens (including phenoxy) is 1. The van der Waals surface area contributed by atoms with Crippen molar-refractivity contribution in [1.29, 1.82) is 0 Å². The molecule has 3 N–H and O–H groups in total. The number of aromatic nitrogens is 1. The lowest BCUT2D eigenvalue weighted by Crippen LogP contribution is -2.52. The largest absolute Gasteiger partial charge is 0.506 e. The highest BCUT2D eigenvalue weighted by molar-refractivity contribution is 14.1. The molecule has 4 rings (SSSR count). The molecule has 2 aromatic carbocycles. The van der Waals surface area contributed by atoms with Crippen molar-refractivity contribution < 1.29 is 23.8 Å². The van der Waals surface area contributed by atoms with Crippen LogP contribution in [-0.4, -0.2) is 76.8 Å². The molecule has 11 nitrogen and oxygen atoms in total. The van der Waals surface area contributed by atoms with Crippen LogP contribution in [0.2, 0.25) is 0 Å². The maximum Gasteiger partial charge on any atom is 0.412 e. The minimum absolute atomic E-state index is 0.0783. The summed E-state index contributed by atoms with van der Waals surface area (Å²) in [4.78, 5) is 47.6. The van der Waals surface area contributed by atoms with Crippen molar-refractivity contribution in [3.8, 4) is 5.75 Å². The first-order valence-electron chi connectivity index (χ1n) is 13.1. The molecule has 0 unspecified atom stereocenters. The summed E-state index contributed by atoms with van der Waals surface area (Å²) in [5.41, 5.74) is 0.761. The van der Waals surface area contributed by atoms with Crippen LogP contribution >= 0.6 is 45.2 Å². The van der Waals surface area contributed by atoms with E-state index in [0.29, 0.717) is 43.4 Å². The Morgan fingerprint density at radius 3 is 2.39 bits per heavy atom.